The average molecular weight is 445 g/mol. The van der Waals surface area contributed by atoms with Crippen molar-refractivity contribution in [3.05, 3.63) is 65.5 Å². The molecule has 0 aliphatic rings. The van der Waals surface area contributed by atoms with Crippen LogP contribution in [0.1, 0.15) is 52.7 Å². The van der Waals surface area contributed by atoms with Crippen molar-refractivity contribution in [1.29, 1.82) is 0 Å². The fraction of sp³-hybridized carbons (Fsp3) is 0.440. The van der Waals surface area contributed by atoms with E-state index in [2.05, 4.69) is 10.6 Å². The van der Waals surface area contributed by atoms with Crippen LogP contribution in [0.2, 0.25) is 0 Å². The Bertz CT molecular complexity index is 915. The molecular weight excluding hydrogens is 411 g/mol. The van der Waals surface area contributed by atoms with E-state index in [9.17, 15) is 14.0 Å². The van der Waals surface area contributed by atoms with Gasteiger partial charge in [0.25, 0.3) is 0 Å². The van der Waals surface area contributed by atoms with Crippen LogP contribution in [0.25, 0.3) is 0 Å². The standard InChI is InChI=1S/C25H33FN2O4/c1-24(2,3)21(28-23(30)32-25(4,5)6)22(29)27-15-17-10-12-20(13-11-17)31-16-18-8-7-9-19(26)14-18/h7-14,21H,15-16H2,1-6H3,(H,27,29)(H,28,30)/t21-/m0/s1. The summed E-state index contributed by atoms with van der Waals surface area (Å²) < 4.78 is 24.2. The van der Waals surface area contributed by atoms with Crippen LogP contribution in [0, 0.1) is 11.2 Å². The molecule has 1 atom stereocenters. The van der Waals surface area contributed by atoms with Crippen LogP contribution in [0.4, 0.5) is 9.18 Å². The lowest BCUT2D eigenvalue weighted by molar-refractivity contribution is -0.125. The molecule has 0 aliphatic carbocycles. The van der Waals surface area contributed by atoms with E-state index in [1.165, 1.54) is 12.1 Å². The number of benzene rings is 2. The summed E-state index contributed by atoms with van der Waals surface area (Å²) in [5.41, 5.74) is 0.463. The van der Waals surface area contributed by atoms with Crippen LogP contribution in [-0.2, 0) is 22.7 Å². The average Bonchev–Trinajstić information content (AvgIpc) is 2.67. The molecular formula is C25H33FN2O4. The molecule has 174 valence electrons. The van der Waals surface area contributed by atoms with Gasteiger partial charge in [-0.3, -0.25) is 4.79 Å². The zero-order valence-electron chi connectivity index (χ0n) is 19.6. The number of carbonyl (C=O) groups excluding carboxylic acids is 2. The summed E-state index contributed by atoms with van der Waals surface area (Å²) in [5, 5.41) is 5.54. The van der Waals surface area contributed by atoms with Crippen LogP contribution < -0.4 is 15.4 Å². The van der Waals surface area contributed by atoms with Gasteiger partial charge in [0, 0.05) is 6.54 Å². The molecule has 7 heteroatoms. The van der Waals surface area contributed by atoms with Crippen LogP contribution in [-0.4, -0.2) is 23.6 Å². The third kappa shape index (κ3) is 8.57. The van der Waals surface area contributed by atoms with E-state index >= 15 is 0 Å². The number of rotatable bonds is 7. The quantitative estimate of drug-likeness (QED) is 0.633. The van der Waals surface area contributed by atoms with Crippen LogP contribution >= 0.6 is 0 Å². The minimum Gasteiger partial charge on any atom is -0.489 e. The highest BCUT2D eigenvalue weighted by atomic mass is 19.1. The highest BCUT2D eigenvalue weighted by Gasteiger charge is 2.34. The van der Waals surface area contributed by atoms with Gasteiger partial charge in [-0.1, -0.05) is 45.0 Å². The van der Waals surface area contributed by atoms with Crippen molar-refractivity contribution in [2.75, 3.05) is 0 Å². The maximum absolute atomic E-state index is 13.2. The van der Waals surface area contributed by atoms with Crippen molar-refractivity contribution in [3.63, 3.8) is 0 Å². The summed E-state index contributed by atoms with van der Waals surface area (Å²) in [6, 6.07) is 12.8. The molecule has 0 bridgehead atoms. The summed E-state index contributed by atoms with van der Waals surface area (Å²) in [6.07, 6.45) is -0.632. The fourth-order valence-electron chi connectivity index (χ4n) is 2.89. The summed E-state index contributed by atoms with van der Waals surface area (Å²) >= 11 is 0. The number of hydrogen-bond acceptors (Lipinski definition) is 4. The molecule has 0 radical (unpaired) electrons. The van der Waals surface area contributed by atoms with E-state index in [1.54, 1.807) is 45.0 Å². The normalized spacial score (nSPS) is 12.6. The first-order valence-electron chi connectivity index (χ1n) is 10.6. The summed E-state index contributed by atoms with van der Waals surface area (Å²) in [4.78, 5) is 24.9. The van der Waals surface area contributed by atoms with E-state index in [0.717, 1.165) is 11.1 Å². The van der Waals surface area contributed by atoms with Crippen molar-refractivity contribution in [2.24, 2.45) is 5.41 Å². The predicted octanol–water partition coefficient (Wildman–Crippen LogP) is 4.96. The van der Waals surface area contributed by atoms with Gasteiger partial charge in [-0.25, -0.2) is 9.18 Å². The summed E-state index contributed by atoms with van der Waals surface area (Å²) in [6.45, 7) is 11.5. The second-order valence-corrected chi connectivity index (χ2v) is 9.73. The molecule has 0 aliphatic heterocycles. The Morgan fingerprint density at radius 1 is 0.969 bits per heavy atom. The second kappa shape index (κ2) is 10.5. The number of carbonyl (C=O) groups is 2. The Labute approximate surface area is 189 Å². The number of halogens is 1. The number of alkyl carbamates (subject to hydrolysis) is 1. The van der Waals surface area contributed by atoms with Gasteiger partial charge >= 0.3 is 6.09 Å². The SMILES string of the molecule is CC(C)(C)OC(=O)N[C@@H](C(=O)NCc1ccc(OCc2cccc(F)c2)cc1)C(C)(C)C. The first-order chi connectivity index (χ1) is 14.8. The summed E-state index contributed by atoms with van der Waals surface area (Å²) in [5.74, 6) is 0.0465. The number of amides is 2. The van der Waals surface area contributed by atoms with E-state index in [0.29, 0.717) is 12.3 Å². The van der Waals surface area contributed by atoms with Crippen molar-refractivity contribution in [1.82, 2.24) is 10.6 Å². The molecule has 6 nitrogen and oxygen atoms in total. The van der Waals surface area contributed by atoms with E-state index in [1.807, 2.05) is 32.9 Å². The van der Waals surface area contributed by atoms with Gasteiger partial charge in [0.05, 0.1) is 0 Å². The minimum absolute atomic E-state index is 0.261. The Kier molecular flexibility index (Phi) is 8.25. The highest BCUT2D eigenvalue weighted by Crippen LogP contribution is 2.21. The van der Waals surface area contributed by atoms with Gasteiger partial charge in [-0.2, -0.15) is 0 Å². The third-order valence-corrected chi connectivity index (χ3v) is 4.47. The maximum atomic E-state index is 13.2. The number of ether oxygens (including phenoxy) is 2. The molecule has 0 aromatic heterocycles. The molecule has 32 heavy (non-hydrogen) atoms. The Hall–Kier alpha value is -3.09. The highest BCUT2D eigenvalue weighted by molar-refractivity contribution is 5.86. The van der Waals surface area contributed by atoms with Gasteiger partial charge in [0.15, 0.2) is 0 Å². The third-order valence-electron chi connectivity index (χ3n) is 4.47. The summed E-state index contributed by atoms with van der Waals surface area (Å²) in [7, 11) is 0. The Morgan fingerprint density at radius 2 is 1.62 bits per heavy atom. The van der Waals surface area contributed by atoms with Crippen molar-refractivity contribution >= 4 is 12.0 Å². The van der Waals surface area contributed by atoms with E-state index in [-0.39, 0.29) is 18.3 Å². The lowest BCUT2D eigenvalue weighted by Crippen LogP contribution is -2.54. The molecule has 2 aromatic rings. The van der Waals surface area contributed by atoms with Gasteiger partial charge in [0.1, 0.15) is 29.8 Å². The lowest BCUT2D eigenvalue weighted by atomic mass is 9.86. The zero-order chi connectivity index (χ0) is 23.9. The molecule has 0 heterocycles. The fourth-order valence-corrected chi connectivity index (χ4v) is 2.89. The lowest BCUT2D eigenvalue weighted by Gasteiger charge is -2.31. The van der Waals surface area contributed by atoms with Gasteiger partial charge in [0.2, 0.25) is 5.91 Å². The van der Waals surface area contributed by atoms with Crippen LogP contribution in [0.5, 0.6) is 5.75 Å². The molecule has 2 N–H and O–H groups in total. The first kappa shape index (κ1) is 25.2. The first-order valence-corrected chi connectivity index (χ1v) is 10.6. The Balaban J connectivity index is 1.91. The smallest absolute Gasteiger partial charge is 0.408 e. The molecule has 0 spiro atoms. The van der Waals surface area contributed by atoms with Crippen LogP contribution in [0.3, 0.4) is 0 Å². The van der Waals surface area contributed by atoms with Gasteiger partial charge in [-0.05, 0) is 61.6 Å². The maximum Gasteiger partial charge on any atom is 0.408 e. The number of nitrogens with one attached hydrogen (secondary N) is 2. The predicted molar refractivity (Wildman–Crippen MR) is 122 cm³/mol. The number of hydrogen-bond donors (Lipinski definition) is 2. The Morgan fingerprint density at radius 3 is 2.19 bits per heavy atom. The van der Waals surface area contributed by atoms with Crippen molar-refractivity contribution in [2.45, 2.75) is 66.3 Å². The largest absolute Gasteiger partial charge is 0.489 e. The van der Waals surface area contributed by atoms with Gasteiger partial charge in [-0.15, -0.1) is 0 Å². The molecule has 0 unspecified atom stereocenters. The molecule has 0 fully saturated rings. The van der Waals surface area contributed by atoms with Crippen LogP contribution in [0.15, 0.2) is 48.5 Å². The molecule has 2 aromatic carbocycles. The zero-order valence-corrected chi connectivity index (χ0v) is 19.6. The van der Waals surface area contributed by atoms with E-state index in [4.69, 9.17) is 9.47 Å². The minimum atomic E-state index is -0.758. The second-order valence-electron chi connectivity index (χ2n) is 9.73. The van der Waals surface area contributed by atoms with Gasteiger partial charge < -0.3 is 20.1 Å². The van der Waals surface area contributed by atoms with E-state index < -0.39 is 23.2 Å². The monoisotopic (exact) mass is 444 g/mol. The molecule has 0 saturated carbocycles. The molecule has 2 amide bonds. The molecule has 2 rings (SSSR count). The van der Waals surface area contributed by atoms with Crippen molar-refractivity contribution in [3.8, 4) is 5.75 Å². The molecule has 0 saturated heterocycles. The topological polar surface area (TPSA) is 76.7 Å². The van der Waals surface area contributed by atoms with Crippen molar-refractivity contribution < 1.29 is 23.5 Å².